The molecule has 0 atom stereocenters. The lowest BCUT2D eigenvalue weighted by atomic mass is 10.2. The van der Waals surface area contributed by atoms with E-state index in [4.69, 9.17) is 10.5 Å². The summed E-state index contributed by atoms with van der Waals surface area (Å²) in [6, 6.07) is 8.09. The minimum Gasteiger partial charge on any atom is -0.370 e. The normalized spacial score (nSPS) is 10.7. The van der Waals surface area contributed by atoms with Gasteiger partial charge >= 0.3 is 0 Å². The fourth-order valence-electron chi connectivity index (χ4n) is 1.36. The molecule has 0 aliphatic carbocycles. The van der Waals surface area contributed by atoms with Crippen molar-refractivity contribution in [1.82, 2.24) is 4.98 Å². The highest BCUT2D eigenvalue weighted by Crippen LogP contribution is 2.13. The number of aromatic nitrogens is 1. The fourth-order valence-corrected chi connectivity index (χ4v) is 2.29. The second-order valence-corrected chi connectivity index (χ2v) is 5.41. The van der Waals surface area contributed by atoms with Crippen LogP contribution in [0.1, 0.15) is 16.3 Å². The third kappa shape index (κ3) is 3.89. The maximum atomic E-state index is 5.59. The van der Waals surface area contributed by atoms with Gasteiger partial charge in [-0.1, -0.05) is 28.1 Å². The van der Waals surface area contributed by atoms with Crippen LogP contribution in [0.5, 0.6) is 0 Å². The van der Waals surface area contributed by atoms with E-state index in [2.05, 4.69) is 20.9 Å². The van der Waals surface area contributed by atoms with Gasteiger partial charge in [-0.25, -0.2) is 4.98 Å². The van der Waals surface area contributed by atoms with Crippen molar-refractivity contribution in [2.24, 2.45) is 5.73 Å². The molecule has 5 heteroatoms. The van der Waals surface area contributed by atoms with Gasteiger partial charge < -0.3 is 10.5 Å². The molecule has 1 aromatic heterocycles. The molecular formula is C12H13BrN2OS. The van der Waals surface area contributed by atoms with Gasteiger partial charge in [-0.3, -0.25) is 0 Å². The maximum absolute atomic E-state index is 5.59. The van der Waals surface area contributed by atoms with Gasteiger partial charge in [-0.05, 0) is 17.7 Å². The highest BCUT2D eigenvalue weighted by molar-refractivity contribution is 9.10. The predicted molar refractivity (Wildman–Crippen MR) is 72.6 cm³/mol. The van der Waals surface area contributed by atoms with E-state index in [1.807, 2.05) is 29.6 Å². The molecule has 0 saturated carbocycles. The molecule has 2 rings (SSSR count). The first-order valence-corrected chi connectivity index (χ1v) is 6.90. The second-order valence-electron chi connectivity index (χ2n) is 3.56. The lowest BCUT2D eigenvalue weighted by molar-refractivity contribution is 0.105. The maximum Gasteiger partial charge on any atom is 0.107 e. The minimum atomic E-state index is 0.497. The van der Waals surface area contributed by atoms with Crippen molar-refractivity contribution in [2.75, 3.05) is 0 Å². The first-order chi connectivity index (χ1) is 8.28. The topological polar surface area (TPSA) is 48.1 Å². The van der Waals surface area contributed by atoms with Crippen LogP contribution >= 0.6 is 27.3 Å². The molecule has 2 aromatic rings. The quantitative estimate of drug-likeness (QED) is 0.923. The molecule has 0 aliphatic heterocycles. The van der Waals surface area contributed by atoms with Crippen molar-refractivity contribution in [2.45, 2.75) is 19.8 Å². The number of benzene rings is 1. The third-order valence-electron chi connectivity index (χ3n) is 2.21. The summed E-state index contributed by atoms with van der Waals surface area (Å²) < 4.78 is 6.67. The molecule has 0 unspecified atom stereocenters. The van der Waals surface area contributed by atoms with Crippen LogP contribution in [0.15, 0.2) is 34.1 Å². The molecule has 2 N–H and O–H groups in total. The van der Waals surface area contributed by atoms with E-state index in [1.165, 1.54) is 0 Å². The van der Waals surface area contributed by atoms with Crippen LogP contribution in [0.25, 0.3) is 0 Å². The molecule has 0 amide bonds. The fraction of sp³-hybridized carbons (Fsp3) is 0.250. The summed E-state index contributed by atoms with van der Waals surface area (Å²) in [4.78, 5) is 4.34. The highest BCUT2D eigenvalue weighted by atomic mass is 79.9. The first-order valence-electron chi connectivity index (χ1n) is 5.23. The Bertz CT molecular complexity index is 470. The Morgan fingerprint density at radius 3 is 2.65 bits per heavy atom. The van der Waals surface area contributed by atoms with Crippen molar-refractivity contribution in [3.8, 4) is 0 Å². The predicted octanol–water partition coefficient (Wildman–Crippen LogP) is 3.08. The van der Waals surface area contributed by atoms with E-state index < -0.39 is 0 Å². The summed E-state index contributed by atoms with van der Waals surface area (Å²) in [6.45, 7) is 1.63. The average molecular weight is 313 g/mol. The summed E-state index contributed by atoms with van der Waals surface area (Å²) in [7, 11) is 0. The summed E-state index contributed by atoms with van der Waals surface area (Å²) >= 11 is 4.98. The zero-order chi connectivity index (χ0) is 12.1. The number of hydrogen-bond acceptors (Lipinski definition) is 4. The van der Waals surface area contributed by atoms with E-state index >= 15 is 0 Å². The smallest absolute Gasteiger partial charge is 0.107 e. The standard InChI is InChI=1S/C12H13BrN2OS/c13-10-3-1-9(2-4-10)6-16-7-11-8-17-12(5-14)15-11/h1-4,8H,5-7,14H2. The molecule has 0 fully saturated rings. The van der Waals surface area contributed by atoms with Gasteiger partial charge in [-0.15, -0.1) is 11.3 Å². The van der Waals surface area contributed by atoms with Crippen LogP contribution in [0.2, 0.25) is 0 Å². The molecule has 0 radical (unpaired) electrons. The Hall–Kier alpha value is -0.750. The monoisotopic (exact) mass is 312 g/mol. The third-order valence-corrected chi connectivity index (χ3v) is 3.65. The Balaban J connectivity index is 1.81. The van der Waals surface area contributed by atoms with E-state index in [1.54, 1.807) is 11.3 Å². The van der Waals surface area contributed by atoms with E-state index in [0.717, 1.165) is 20.7 Å². The molecule has 0 spiro atoms. The number of thiazole rings is 1. The SMILES string of the molecule is NCc1nc(COCc2ccc(Br)cc2)cs1. The lowest BCUT2D eigenvalue weighted by Gasteiger charge is -2.02. The van der Waals surface area contributed by atoms with E-state index in [-0.39, 0.29) is 0 Å². The van der Waals surface area contributed by atoms with Gasteiger partial charge in [-0.2, -0.15) is 0 Å². The van der Waals surface area contributed by atoms with Crippen molar-refractivity contribution in [3.05, 3.63) is 50.4 Å². The number of ether oxygens (including phenoxy) is 1. The van der Waals surface area contributed by atoms with Gasteiger partial charge in [0.1, 0.15) is 5.01 Å². The van der Waals surface area contributed by atoms with Crippen molar-refractivity contribution >= 4 is 27.3 Å². The summed E-state index contributed by atoms with van der Waals surface area (Å²) in [6.07, 6.45) is 0. The van der Waals surface area contributed by atoms with Gasteiger partial charge in [0.15, 0.2) is 0 Å². The van der Waals surface area contributed by atoms with Crippen LogP contribution in [-0.2, 0) is 24.5 Å². The van der Waals surface area contributed by atoms with Gasteiger partial charge in [0.25, 0.3) is 0 Å². The first kappa shape index (κ1) is 12.7. The van der Waals surface area contributed by atoms with Gasteiger partial charge in [0.05, 0.1) is 18.9 Å². The van der Waals surface area contributed by atoms with Gasteiger partial charge in [0.2, 0.25) is 0 Å². The molecule has 3 nitrogen and oxygen atoms in total. The minimum absolute atomic E-state index is 0.497. The van der Waals surface area contributed by atoms with Crippen molar-refractivity contribution in [1.29, 1.82) is 0 Å². The Morgan fingerprint density at radius 2 is 2.00 bits per heavy atom. The average Bonchev–Trinajstić information content (AvgIpc) is 2.80. The Labute approximate surface area is 113 Å². The number of nitrogens with two attached hydrogens (primary N) is 1. The molecule has 0 bridgehead atoms. The number of halogens is 1. The van der Waals surface area contributed by atoms with Crippen molar-refractivity contribution in [3.63, 3.8) is 0 Å². The number of rotatable bonds is 5. The van der Waals surface area contributed by atoms with Crippen LogP contribution in [0, 0.1) is 0 Å². The lowest BCUT2D eigenvalue weighted by Crippen LogP contribution is -1.97. The summed E-state index contributed by atoms with van der Waals surface area (Å²) in [5.74, 6) is 0. The van der Waals surface area contributed by atoms with Crippen LogP contribution < -0.4 is 5.73 Å². The molecule has 17 heavy (non-hydrogen) atoms. The molecule has 1 heterocycles. The largest absolute Gasteiger partial charge is 0.370 e. The van der Waals surface area contributed by atoms with E-state index in [0.29, 0.717) is 19.8 Å². The molecule has 1 aromatic carbocycles. The Kier molecular flexibility index (Phi) is 4.67. The van der Waals surface area contributed by atoms with Crippen LogP contribution in [0.4, 0.5) is 0 Å². The zero-order valence-corrected chi connectivity index (χ0v) is 11.6. The van der Waals surface area contributed by atoms with Crippen LogP contribution in [-0.4, -0.2) is 4.98 Å². The highest BCUT2D eigenvalue weighted by Gasteiger charge is 2.00. The number of nitrogens with zero attached hydrogens (tertiary/aromatic N) is 1. The van der Waals surface area contributed by atoms with Crippen LogP contribution in [0.3, 0.4) is 0 Å². The van der Waals surface area contributed by atoms with Gasteiger partial charge in [0, 0.05) is 16.4 Å². The number of hydrogen-bond donors (Lipinski definition) is 1. The van der Waals surface area contributed by atoms with Crippen molar-refractivity contribution < 1.29 is 4.74 Å². The summed E-state index contributed by atoms with van der Waals surface area (Å²) in [5, 5.41) is 2.94. The molecule has 0 saturated heterocycles. The summed E-state index contributed by atoms with van der Waals surface area (Å²) in [5.41, 5.74) is 7.61. The molecular weight excluding hydrogens is 300 g/mol. The second kappa shape index (κ2) is 6.26. The zero-order valence-electron chi connectivity index (χ0n) is 9.23. The Morgan fingerprint density at radius 1 is 1.24 bits per heavy atom. The molecule has 0 aliphatic rings. The molecule has 90 valence electrons. The van der Waals surface area contributed by atoms with E-state index in [9.17, 15) is 0 Å².